The molecule has 0 spiro atoms. The van der Waals surface area contributed by atoms with Crippen LogP contribution in [-0.4, -0.2) is 12.1 Å². The summed E-state index contributed by atoms with van der Waals surface area (Å²) in [6.07, 6.45) is 17.0. The molecule has 3 aromatic rings. The molecule has 364 valence electrons. The average molecular weight is 881 g/mol. The minimum Gasteiger partial charge on any atom is -0.496 e. The molecule has 2 heteroatoms. The Labute approximate surface area is 399 Å². The maximum absolute atomic E-state index is 5.40. The van der Waals surface area contributed by atoms with Crippen LogP contribution in [0.25, 0.3) is 0 Å². The zero-order valence-electron chi connectivity index (χ0n) is 46.1. The number of hydrogen-bond acceptors (Lipinski definition) is 2. The van der Waals surface area contributed by atoms with E-state index in [-0.39, 0.29) is 0 Å². The van der Waals surface area contributed by atoms with E-state index in [1.807, 2.05) is 6.20 Å². The summed E-state index contributed by atoms with van der Waals surface area (Å²) >= 11 is 0. The second kappa shape index (κ2) is 27.3. The first kappa shape index (κ1) is 57.5. The molecule has 1 heterocycles. The Morgan fingerprint density at radius 3 is 1.02 bits per heavy atom. The van der Waals surface area contributed by atoms with Crippen LogP contribution in [0.4, 0.5) is 0 Å². The lowest BCUT2D eigenvalue weighted by Gasteiger charge is -2.57. The van der Waals surface area contributed by atoms with Gasteiger partial charge in [-0.2, -0.15) is 0 Å². The molecule has 2 nitrogen and oxygen atoms in total. The van der Waals surface area contributed by atoms with Crippen LogP contribution in [-0.2, 0) is 0 Å². The Bertz CT molecular complexity index is 1500. The van der Waals surface area contributed by atoms with E-state index in [2.05, 4.69) is 198 Å². The van der Waals surface area contributed by atoms with Crippen LogP contribution in [0.2, 0.25) is 0 Å². The summed E-state index contributed by atoms with van der Waals surface area (Å²) in [5.41, 5.74) is 9.48. The normalized spacial score (nSPS) is 21.8. The lowest BCUT2D eigenvalue weighted by molar-refractivity contribution is -0.0623. The van der Waals surface area contributed by atoms with E-state index >= 15 is 0 Å². The van der Waals surface area contributed by atoms with Crippen LogP contribution < -0.4 is 4.74 Å². The van der Waals surface area contributed by atoms with Gasteiger partial charge in [-0.05, 0) is 186 Å². The minimum atomic E-state index is 0.520. The number of hydrogen-bond donors (Lipinski definition) is 0. The third-order valence-corrected chi connectivity index (χ3v) is 16.4. The first-order chi connectivity index (χ1) is 29.9. The fourth-order valence-corrected chi connectivity index (χ4v) is 10.4. The monoisotopic (exact) mass is 880 g/mol. The van der Waals surface area contributed by atoms with Crippen LogP contribution >= 0.6 is 0 Å². The largest absolute Gasteiger partial charge is 0.496 e. The van der Waals surface area contributed by atoms with E-state index < -0.39 is 0 Å². The summed E-state index contributed by atoms with van der Waals surface area (Å²) in [7, 11) is 1.74. The summed E-state index contributed by atoms with van der Waals surface area (Å²) < 4.78 is 5.40. The van der Waals surface area contributed by atoms with E-state index in [1.165, 1.54) is 97.7 Å². The van der Waals surface area contributed by atoms with Crippen molar-refractivity contribution in [2.75, 3.05) is 7.11 Å². The van der Waals surface area contributed by atoms with Crippen molar-refractivity contribution in [2.24, 2.45) is 46.3 Å². The number of nitrogens with zero attached hydrogens (tertiary/aromatic N) is 1. The van der Waals surface area contributed by atoms with Crippen molar-refractivity contribution in [3.63, 3.8) is 0 Å². The number of aromatic nitrogens is 1. The topological polar surface area (TPSA) is 22.1 Å². The van der Waals surface area contributed by atoms with Gasteiger partial charge in [0.2, 0.25) is 0 Å². The second-order valence-electron chi connectivity index (χ2n) is 23.8. The molecule has 0 atom stereocenters. The highest BCUT2D eigenvalue weighted by atomic mass is 16.5. The first-order valence-electron chi connectivity index (χ1n) is 26.6. The lowest BCUT2D eigenvalue weighted by Crippen LogP contribution is -2.46. The molecule has 0 amide bonds. The van der Waals surface area contributed by atoms with E-state index in [1.54, 1.807) is 7.11 Å². The molecule has 1 aromatic heterocycles. The highest BCUT2D eigenvalue weighted by Crippen LogP contribution is 2.62. The molecule has 4 aliphatic carbocycles. The van der Waals surface area contributed by atoms with Crippen molar-refractivity contribution >= 4 is 0 Å². The Kier molecular flexibility index (Phi) is 24.5. The highest BCUT2D eigenvalue weighted by molar-refractivity contribution is 5.40. The van der Waals surface area contributed by atoms with Gasteiger partial charge in [0.15, 0.2) is 0 Å². The standard InChI is InChI=1S/C14H26.C13H20O.C12H24.C12H18.C11H17N/c1-11(2)13-5-8-14(9-6-13,10-7-13)12(3)4;1-9(2)11-6-7-12(10(3)4)13(8-11)14-5;2*1-9(2)11-5-7-12(8-6-11)10(3)4;1-8(2)10-5-6-11(9(3)4)12-7-10/h11-12H,5-10H2,1-4H3;6-10H,1-5H3;9-12H,5-8H2,1-4H3;5-10H,1-4H3;5-9H,1-4H3. The van der Waals surface area contributed by atoms with Gasteiger partial charge in [-0.1, -0.05) is 181 Å². The average Bonchev–Trinajstić information content (AvgIpc) is 3.27. The fourth-order valence-electron chi connectivity index (χ4n) is 10.4. The number of benzene rings is 2. The van der Waals surface area contributed by atoms with Gasteiger partial charge in [0, 0.05) is 11.9 Å². The van der Waals surface area contributed by atoms with Gasteiger partial charge in [0.1, 0.15) is 5.75 Å². The van der Waals surface area contributed by atoms with Gasteiger partial charge in [0.25, 0.3) is 0 Å². The summed E-state index contributed by atoms with van der Waals surface area (Å²) in [6, 6.07) is 19.8. The Morgan fingerprint density at radius 2 is 0.766 bits per heavy atom. The molecule has 2 aromatic carbocycles. The maximum atomic E-state index is 5.40. The minimum absolute atomic E-state index is 0.520. The van der Waals surface area contributed by atoms with Gasteiger partial charge in [0.05, 0.1) is 7.11 Å². The van der Waals surface area contributed by atoms with Crippen molar-refractivity contribution in [3.8, 4) is 5.75 Å². The van der Waals surface area contributed by atoms with Crippen LogP contribution in [0.1, 0.15) is 272 Å². The van der Waals surface area contributed by atoms with Gasteiger partial charge in [-0.15, -0.1) is 0 Å². The Balaban J connectivity index is 0.000000276. The Hall–Kier alpha value is -2.61. The lowest BCUT2D eigenvalue weighted by atomic mass is 9.48. The van der Waals surface area contributed by atoms with Crippen LogP contribution in [0.15, 0.2) is 60.8 Å². The second-order valence-corrected chi connectivity index (χ2v) is 23.8. The molecule has 4 saturated carbocycles. The first-order valence-corrected chi connectivity index (χ1v) is 26.6. The van der Waals surface area contributed by atoms with Crippen molar-refractivity contribution in [2.45, 2.75) is 238 Å². The maximum Gasteiger partial charge on any atom is 0.122 e. The summed E-state index contributed by atoms with van der Waals surface area (Å²) in [5.74, 6) is 10.2. The van der Waals surface area contributed by atoms with Crippen molar-refractivity contribution < 1.29 is 4.74 Å². The number of rotatable bonds is 11. The smallest absolute Gasteiger partial charge is 0.122 e. The number of pyridine rings is 1. The third kappa shape index (κ3) is 17.6. The molecule has 0 unspecified atom stereocenters. The van der Waals surface area contributed by atoms with Gasteiger partial charge in [-0.3, -0.25) is 4.98 Å². The summed E-state index contributed by atoms with van der Waals surface area (Å²) in [5, 5.41) is 0. The summed E-state index contributed by atoms with van der Waals surface area (Å²) in [4.78, 5) is 4.40. The SMILES string of the molecule is CC(C)C12CCC(C(C)C)(CC1)CC2.CC(C)C1CCC(C(C)C)CC1.CC(C)c1ccc(C(C)C)cc1.CC(C)c1ccc(C(C)C)nc1.COc1cc(C(C)C)ccc1C(C)C. The zero-order chi connectivity index (χ0) is 48.5. The third-order valence-electron chi connectivity index (χ3n) is 16.4. The summed E-state index contributed by atoms with van der Waals surface area (Å²) in [6.45, 7) is 45.6. The fraction of sp³-hybridized carbons (Fsp3) is 0.726. The molecular weight excluding hydrogens is 775 g/mol. The molecule has 2 bridgehead atoms. The Morgan fingerprint density at radius 1 is 0.422 bits per heavy atom. The molecule has 0 radical (unpaired) electrons. The van der Waals surface area contributed by atoms with Crippen LogP contribution in [0.3, 0.4) is 0 Å². The molecule has 0 saturated heterocycles. The van der Waals surface area contributed by atoms with Gasteiger partial charge in [-0.25, -0.2) is 0 Å². The van der Waals surface area contributed by atoms with Crippen molar-refractivity contribution in [1.82, 2.24) is 4.98 Å². The van der Waals surface area contributed by atoms with Crippen molar-refractivity contribution in [3.05, 3.63) is 94.3 Å². The molecule has 0 N–H and O–H groups in total. The van der Waals surface area contributed by atoms with E-state index in [9.17, 15) is 0 Å². The van der Waals surface area contributed by atoms with Gasteiger partial charge >= 0.3 is 0 Å². The van der Waals surface area contributed by atoms with Crippen molar-refractivity contribution in [1.29, 1.82) is 0 Å². The molecule has 0 aliphatic heterocycles. The number of methoxy groups -OCH3 is 1. The molecule has 4 aliphatic rings. The van der Waals surface area contributed by atoms with Crippen LogP contribution in [0.5, 0.6) is 5.75 Å². The highest BCUT2D eigenvalue weighted by Gasteiger charge is 2.50. The predicted octanol–water partition coefficient (Wildman–Crippen LogP) is 19.9. The quantitative estimate of drug-likeness (QED) is 0.191. The van der Waals surface area contributed by atoms with E-state index in [0.717, 1.165) is 52.1 Å². The van der Waals surface area contributed by atoms with E-state index in [4.69, 9.17) is 4.74 Å². The molecule has 4 fully saturated rings. The molecule has 64 heavy (non-hydrogen) atoms. The van der Waals surface area contributed by atoms with E-state index in [0.29, 0.717) is 35.5 Å². The molecule has 7 rings (SSSR count). The zero-order valence-corrected chi connectivity index (χ0v) is 46.1. The van der Waals surface area contributed by atoms with Crippen LogP contribution in [0, 0.1) is 46.3 Å². The number of ether oxygens (including phenoxy) is 1. The van der Waals surface area contributed by atoms with Gasteiger partial charge < -0.3 is 4.74 Å². The molecular formula is C62H105NO. The predicted molar refractivity (Wildman–Crippen MR) is 286 cm³/mol. The number of fused-ring (bicyclic) bond motifs is 3.